The molecule has 2 rings (SSSR count). The molecule has 1 saturated carbocycles. The Morgan fingerprint density at radius 1 is 1.47 bits per heavy atom. The number of nitriles is 1. The molecule has 0 unspecified atom stereocenters. The van der Waals surface area contributed by atoms with Gasteiger partial charge in [-0.25, -0.2) is 0 Å². The summed E-state index contributed by atoms with van der Waals surface area (Å²) in [7, 11) is 0. The molecule has 0 spiro atoms. The highest BCUT2D eigenvalue weighted by molar-refractivity contribution is 5.62. The van der Waals surface area contributed by atoms with E-state index < -0.39 is 0 Å². The SMILES string of the molecule is Cc1cccc(C#N)c1NCC1(CCO)CC1. The minimum absolute atomic E-state index is 0.251. The first-order valence-corrected chi connectivity index (χ1v) is 6.05. The van der Waals surface area contributed by atoms with Crippen molar-refractivity contribution in [1.29, 1.82) is 5.26 Å². The fourth-order valence-corrected chi connectivity index (χ4v) is 2.20. The van der Waals surface area contributed by atoms with Crippen LogP contribution >= 0.6 is 0 Å². The van der Waals surface area contributed by atoms with Crippen LogP contribution in [0.5, 0.6) is 0 Å². The van der Waals surface area contributed by atoms with Crippen molar-refractivity contribution in [2.75, 3.05) is 18.5 Å². The van der Waals surface area contributed by atoms with E-state index in [1.54, 1.807) is 0 Å². The highest BCUT2D eigenvalue weighted by Crippen LogP contribution is 2.48. The van der Waals surface area contributed by atoms with Crippen LogP contribution in [0.1, 0.15) is 30.4 Å². The minimum Gasteiger partial charge on any atom is -0.396 e. The van der Waals surface area contributed by atoms with Gasteiger partial charge in [-0.05, 0) is 43.2 Å². The van der Waals surface area contributed by atoms with E-state index in [9.17, 15) is 0 Å². The Bertz CT molecular complexity index is 444. The van der Waals surface area contributed by atoms with Crippen LogP contribution in [0.2, 0.25) is 0 Å². The molecular formula is C14H18N2O. The highest BCUT2D eigenvalue weighted by Gasteiger charge is 2.41. The fraction of sp³-hybridized carbons (Fsp3) is 0.500. The van der Waals surface area contributed by atoms with Crippen molar-refractivity contribution in [3.05, 3.63) is 29.3 Å². The van der Waals surface area contributed by atoms with Gasteiger partial charge in [0.15, 0.2) is 0 Å². The number of nitrogens with one attached hydrogen (secondary N) is 1. The van der Waals surface area contributed by atoms with Crippen molar-refractivity contribution in [3.8, 4) is 6.07 Å². The van der Waals surface area contributed by atoms with Crippen molar-refractivity contribution < 1.29 is 5.11 Å². The molecule has 3 heteroatoms. The second kappa shape index (κ2) is 4.77. The summed E-state index contributed by atoms with van der Waals surface area (Å²) in [6, 6.07) is 7.96. The molecule has 17 heavy (non-hydrogen) atoms. The zero-order chi connectivity index (χ0) is 12.3. The van der Waals surface area contributed by atoms with E-state index in [0.717, 1.165) is 24.2 Å². The number of benzene rings is 1. The van der Waals surface area contributed by atoms with Crippen molar-refractivity contribution in [2.45, 2.75) is 26.2 Å². The van der Waals surface area contributed by atoms with Crippen LogP contribution in [-0.4, -0.2) is 18.3 Å². The van der Waals surface area contributed by atoms with Crippen LogP contribution in [0.4, 0.5) is 5.69 Å². The third-order valence-corrected chi connectivity index (χ3v) is 3.63. The molecule has 0 heterocycles. The average molecular weight is 230 g/mol. The number of hydrogen-bond donors (Lipinski definition) is 2. The van der Waals surface area contributed by atoms with Crippen molar-refractivity contribution in [1.82, 2.24) is 0 Å². The van der Waals surface area contributed by atoms with E-state index in [2.05, 4.69) is 11.4 Å². The Morgan fingerprint density at radius 2 is 2.24 bits per heavy atom. The topological polar surface area (TPSA) is 56.0 Å². The van der Waals surface area contributed by atoms with Gasteiger partial charge in [-0.15, -0.1) is 0 Å². The van der Waals surface area contributed by atoms with Gasteiger partial charge in [0.25, 0.3) is 0 Å². The molecule has 2 N–H and O–H groups in total. The zero-order valence-corrected chi connectivity index (χ0v) is 10.2. The van der Waals surface area contributed by atoms with E-state index in [1.165, 1.54) is 12.8 Å². The predicted molar refractivity (Wildman–Crippen MR) is 67.8 cm³/mol. The first kappa shape index (κ1) is 11.9. The molecule has 0 bridgehead atoms. The number of aliphatic hydroxyl groups is 1. The summed E-state index contributed by atoms with van der Waals surface area (Å²) >= 11 is 0. The highest BCUT2D eigenvalue weighted by atomic mass is 16.3. The van der Waals surface area contributed by atoms with Crippen LogP contribution in [0, 0.1) is 23.7 Å². The molecule has 0 aromatic heterocycles. The Balaban J connectivity index is 2.07. The van der Waals surface area contributed by atoms with Crippen LogP contribution in [-0.2, 0) is 0 Å². The largest absolute Gasteiger partial charge is 0.396 e. The minimum atomic E-state index is 0.251. The molecular weight excluding hydrogens is 212 g/mol. The summed E-state index contributed by atoms with van der Waals surface area (Å²) in [4.78, 5) is 0. The lowest BCUT2D eigenvalue weighted by Gasteiger charge is -2.17. The van der Waals surface area contributed by atoms with Gasteiger partial charge in [0.05, 0.1) is 11.3 Å². The number of rotatable bonds is 5. The summed E-state index contributed by atoms with van der Waals surface area (Å²) in [5.41, 5.74) is 3.01. The molecule has 0 radical (unpaired) electrons. The quantitative estimate of drug-likeness (QED) is 0.816. The third kappa shape index (κ3) is 2.59. The van der Waals surface area contributed by atoms with E-state index in [4.69, 9.17) is 10.4 Å². The van der Waals surface area contributed by atoms with Crippen LogP contribution in [0.25, 0.3) is 0 Å². The molecule has 90 valence electrons. The molecule has 0 amide bonds. The maximum Gasteiger partial charge on any atom is 0.101 e. The molecule has 1 fully saturated rings. The number of anilines is 1. The predicted octanol–water partition coefficient (Wildman–Crippen LogP) is 2.44. The van der Waals surface area contributed by atoms with E-state index in [1.807, 2.05) is 25.1 Å². The molecule has 1 aliphatic carbocycles. The van der Waals surface area contributed by atoms with Crippen LogP contribution in [0.15, 0.2) is 18.2 Å². The lowest BCUT2D eigenvalue weighted by molar-refractivity contribution is 0.253. The van der Waals surface area contributed by atoms with E-state index in [-0.39, 0.29) is 12.0 Å². The van der Waals surface area contributed by atoms with Gasteiger partial charge < -0.3 is 10.4 Å². The standard InChI is InChI=1S/C14H18N2O/c1-11-3-2-4-12(9-15)13(11)16-10-14(5-6-14)7-8-17/h2-4,16-17H,5-8,10H2,1H3. The maximum atomic E-state index is 9.06. The number of nitrogens with zero attached hydrogens (tertiary/aromatic N) is 1. The zero-order valence-electron chi connectivity index (χ0n) is 10.2. The normalized spacial score (nSPS) is 16.3. The van der Waals surface area contributed by atoms with Gasteiger partial charge in [0.2, 0.25) is 0 Å². The van der Waals surface area contributed by atoms with Crippen LogP contribution < -0.4 is 5.32 Å². The van der Waals surface area contributed by atoms with Gasteiger partial charge in [-0.3, -0.25) is 0 Å². The second-order valence-electron chi connectivity index (χ2n) is 4.94. The second-order valence-corrected chi connectivity index (χ2v) is 4.94. The molecule has 1 aromatic carbocycles. The number of hydrogen-bond acceptors (Lipinski definition) is 3. The van der Waals surface area contributed by atoms with Gasteiger partial charge in [0.1, 0.15) is 6.07 Å². The Hall–Kier alpha value is -1.53. The summed E-state index contributed by atoms with van der Waals surface area (Å²) in [5, 5.41) is 21.5. The number of aryl methyl sites for hydroxylation is 1. The van der Waals surface area contributed by atoms with Crippen molar-refractivity contribution >= 4 is 5.69 Å². The van der Waals surface area contributed by atoms with E-state index in [0.29, 0.717) is 5.56 Å². The van der Waals surface area contributed by atoms with Crippen LogP contribution in [0.3, 0.4) is 0 Å². The third-order valence-electron chi connectivity index (χ3n) is 3.63. The molecule has 0 atom stereocenters. The monoisotopic (exact) mass is 230 g/mol. The molecule has 1 aliphatic rings. The average Bonchev–Trinajstić information content (AvgIpc) is 3.08. The first-order valence-electron chi connectivity index (χ1n) is 6.05. The van der Waals surface area contributed by atoms with Gasteiger partial charge in [-0.2, -0.15) is 5.26 Å². The van der Waals surface area contributed by atoms with Crippen molar-refractivity contribution in [2.24, 2.45) is 5.41 Å². The molecule has 3 nitrogen and oxygen atoms in total. The smallest absolute Gasteiger partial charge is 0.101 e. The number of aliphatic hydroxyl groups excluding tert-OH is 1. The maximum absolute atomic E-state index is 9.06. The van der Waals surface area contributed by atoms with Gasteiger partial charge in [-0.1, -0.05) is 12.1 Å². The fourth-order valence-electron chi connectivity index (χ4n) is 2.20. The molecule has 1 aromatic rings. The molecule has 0 aliphatic heterocycles. The number of para-hydroxylation sites is 1. The lowest BCUT2D eigenvalue weighted by atomic mass is 10.0. The van der Waals surface area contributed by atoms with Gasteiger partial charge in [0, 0.05) is 13.2 Å². The Morgan fingerprint density at radius 3 is 2.82 bits per heavy atom. The van der Waals surface area contributed by atoms with Crippen molar-refractivity contribution in [3.63, 3.8) is 0 Å². The summed E-state index contributed by atoms with van der Waals surface area (Å²) in [6.45, 7) is 3.11. The van der Waals surface area contributed by atoms with Gasteiger partial charge >= 0.3 is 0 Å². The summed E-state index contributed by atoms with van der Waals surface area (Å²) in [5.74, 6) is 0. The summed E-state index contributed by atoms with van der Waals surface area (Å²) < 4.78 is 0. The first-order chi connectivity index (χ1) is 8.21. The Kier molecular flexibility index (Phi) is 3.35. The molecule has 0 saturated heterocycles. The Labute approximate surface area is 102 Å². The van der Waals surface area contributed by atoms with E-state index >= 15 is 0 Å². The summed E-state index contributed by atoms with van der Waals surface area (Å²) in [6.07, 6.45) is 3.20. The lowest BCUT2D eigenvalue weighted by Crippen LogP contribution is -2.17.